The minimum atomic E-state index is -1.57. The Morgan fingerprint density at radius 1 is 1.33 bits per heavy atom. The molecule has 4 aliphatic carbocycles. The molecule has 148 valence electrons. The van der Waals surface area contributed by atoms with Crippen LogP contribution in [0.15, 0.2) is 23.8 Å². The van der Waals surface area contributed by atoms with Crippen molar-refractivity contribution < 1.29 is 24.9 Å². The van der Waals surface area contributed by atoms with Crippen LogP contribution in [0.25, 0.3) is 0 Å². The normalized spacial score (nSPS) is 51.3. The Bertz CT molecular complexity index is 754. The number of fused-ring (bicyclic) bond motifs is 5. The molecule has 3 N–H and O–H groups in total. The Balaban J connectivity index is 1.78. The van der Waals surface area contributed by atoms with E-state index in [-0.39, 0.29) is 34.9 Å². The van der Waals surface area contributed by atoms with Crippen LogP contribution in [-0.2, 0) is 9.59 Å². The van der Waals surface area contributed by atoms with Gasteiger partial charge in [-0.25, -0.2) is 0 Å². The summed E-state index contributed by atoms with van der Waals surface area (Å²) in [7, 11) is 0. The van der Waals surface area contributed by atoms with Crippen LogP contribution < -0.4 is 0 Å². The van der Waals surface area contributed by atoms with Crippen molar-refractivity contribution in [2.75, 3.05) is 6.61 Å². The van der Waals surface area contributed by atoms with E-state index in [1.54, 1.807) is 12.2 Å². The van der Waals surface area contributed by atoms with Gasteiger partial charge in [-0.1, -0.05) is 32.4 Å². The highest BCUT2D eigenvalue weighted by Crippen LogP contribution is 2.67. The lowest BCUT2D eigenvalue weighted by Crippen LogP contribution is -2.62. The second-order valence-corrected chi connectivity index (χ2v) is 9.72. The van der Waals surface area contributed by atoms with E-state index in [0.717, 1.165) is 18.4 Å². The summed E-state index contributed by atoms with van der Waals surface area (Å²) >= 11 is 0. The first-order valence-corrected chi connectivity index (χ1v) is 10.1. The Morgan fingerprint density at radius 2 is 2.04 bits per heavy atom. The molecule has 0 aromatic heterocycles. The zero-order chi connectivity index (χ0) is 19.8. The summed E-state index contributed by atoms with van der Waals surface area (Å²) < 4.78 is 0. The largest absolute Gasteiger partial charge is 0.393 e. The third kappa shape index (κ3) is 2.28. The van der Waals surface area contributed by atoms with E-state index in [1.165, 1.54) is 0 Å². The molecule has 4 rings (SSSR count). The van der Waals surface area contributed by atoms with E-state index in [4.69, 9.17) is 0 Å². The lowest BCUT2D eigenvalue weighted by molar-refractivity contribution is -0.180. The van der Waals surface area contributed by atoms with Crippen molar-refractivity contribution in [1.29, 1.82) is 0 Å². The summed E-state index contributed by atoms with van der Waals surface area (Å²) in [6.45, 7) is 5.48. The van der Waals surface area contributed by atoms with Crippen LogP contribution in [0.3, 0.4) is 0 Å². The number of allylic oxidation sites excluding steroid dienone is 4. The number of aliphatic hydroxyl groups is 3. The van der Waals surface area contributed by atoms with Crippen LogP contribution in [0, 0.1) is 34.5 Å². The van der Waals surface area contributed by atoms with Gasteiger partial charge in [0.2, 0.25) is 0 Å². The number of hydrogen-bond donors (Lipinski definition) is 3. The van der Waals surface area contributed by atoms with Crippen molar-refractivity contribution in [2.24, 2.45) is 34.5 Å². The highest BCUT2D eigenvalue weighted by Gasteiger charge is 2.68. The fourth-order valence-corrected chi connectivity index (χ4v) is 7.34. The van der Waals surface area contributed by atoms with Crippen LogP contribution in [0.2, 0.25) is 0 Å². The zero-order valence-electron chi connectivity index (χ0n) is 16.3. The van der Waals surface area contributed by atoms with Gasteiger partial charge in [0.1, 0.15) is 12.2 Å². The number of rotatable bonds is 2. The van der Waals surface area contributed by atoms with E-state index in [2.05, 4.69) is 13.8 Å². The van der Waals surface area contributed by atoms with Crippen LogP contribution in [0.4, 0.5) is 0 Å². The molecule has 5 heteroatoms. The molecule has 4 unspecified atom stereocenters. The van der Waals surface area contributed by atoms with Gasteiger partial charge in [0.25, 0.3) is 0 Å². The number of carbonyl (C=O) groups excluding carboxylic acids is 2. The predicted octanol–water partition coefficient (Wildman–Crippen LogP) is 1.80. The van der Waals surface area contributed by atoms with E-state index in [0.29, 0.717) is 12.8 Å². The maximum atomic E-state index is 12.4. The molecule has 4 aliphatic rings. The Hall–Kier alpha value is -1.30. The minimum absolute atomic E-state index is 0.00620. The van der Waals surface area contributed by atoms with Gasteiger partial charge in [-0.2, -0.15) is 0 Å². The average molecular weight is 374 g/mol. The summed E-state index contributed by atoms with van der Waals surface area (Å²) in [6.07, 6.45) is 6.87. The average Bonchev–Trinajstić information content (AvgIpc) is 2.87. The molecular weight excluding hydrogens is 344 g/mol. The van der Waals surface area contributed by atoms with Crippen molar-refractivity contribution in [3.8, 4) is 0 Å². The predicted molar refractivity (Wildman–Crippen MR) is 99.6 cm³/mol. The van der Waals surface area contributed by atoms with Crippen LogP contribution in [0.5, 0.6) is 0 Å². The summed E-state index contributed by atoms with van der Waals surface area (Å²) in [5.41, 5.74) is -1.59. The molecular formula is C22H30O5. The second-order valence-electron chi connectivity index (χ2n) is 9.72. The van der Waals surface area contributed by atoms with Gasteiger partial charge in [0.05, 0.1) is 6.10 Å². The maximum Gasteiger partial charge on any atom is 0.190 e. The van der Waals surface area contributed by atoms with Crippen molar-refractivity contribution in [2.45, 2.75) is 58.2 Å². The molecule has 0 radical (unpaired) electrons. The van der Waals surface area contributed by atoms with Crippen molar-refractivity contribution in [3.05, 3.63) is 23.8 Å². The van der Waals surface area contributed by atoms with Gasteiger partial charge in [-0.3, -0.25) is 9.59 Å². The molecule has 0 heterocycles. The lowest BCUT2D eigenvalue weighted by Gasteiger charge is -2.60. The third-order valence-corrected chi connectivity index (χ3v) is 8.57. The minimum Gasteiger partial charge on any atom is -0.393 e. The van der Waals surface area contributed by atoms with E-state index >= 15 is 0 Å². The van der Waals surface area contributed by atoms with Crippen LogP contribution in [-0.4, -0.2) is 45.2 Å². The molecule has 27 heavy (non-hydrogen) atoms. The number of carbonyl (C=O) groups is 2. The topological polar surface area (TPSA) is 94.8 Å². The number of ketones is 2. The van der Waals surface area contributed by atoms with Crippen molar-refractivity contribution >= 4 is 11.6 Å². The van der Waals surface area contributed by atoms with E-state index in [1.807, 2.05) is 13.0 Å². The zero-order valence-corrected chi connectivity index (χ0v) is 16.3. The van der Waals surface area contributed by atoms with Gasteiger partial charge in [0, 0.05) is 16.7 Å². The first-order valence-electron chi connectivity index (χ1n) is 10.1. The summed E-state index contributed by atoms with van der Waals surface area (Å²) in [5, 5.41) is 31.9. The van der Waals surface area contributed by atoms with Gasteiger partial charge in [-0.05, 0) is 55.6 Å². The summed E-state index contributed by atoms with van der Waals surface area (Å²) in [4.78, 5) is 24.4. The molecule has 3 saturated carbocycles. The molecule has 0 aliphatic heterocycles. The molecule has 0 aromatic rings. The van der Waals surface area contributed by atoms with Gasteiger partial charge in [0.15, 0.2) is 11.6 Å². The Labute approximate surface area is 160 Å². The highest BCUT2D eigenvalue weighted by atomic mass is 16.3. The quantitative estimate of drug-likeness (QED) is 0.685. The molecule has 8 atom stereocenters. The van der Waals surface area contributed by atoms with Crippen LogP contribution >= 0.6 is 0 Å². The molecule has 3 fully saturated rings. The van der Waals surface area contributed by atoms with Crippen molar-refractivity contribution in [3.63, 3.8) is 0 Å². The fourth-order valence-electron chi connectivity index (χ4n) is 7.34. The number of aliphatic hydroxyl groups excluding tert-OH is 2. The van der Waals surface area contributed by atoms with E-state index in [9.17, 15) is 24.9 Å². The molecule has 5 nitrogen and oxygen atoms in total. The number of hydrogen-bond acceptors (Lipinski definition) is 5. The summed E-state index contributed by atoms with van der Waals surface area (Å²) in [6, 6.07) is 0. The highest BCUT2D eigenvalue weighted by molar-refractivity contribution is 6.01. The second kappa shape index (κ2) is 5.85. The Kier molecular flexibility index (Phi) is 4.12. The standard InChI is InChI=1S/C22H30O5/c1-12-8-14-15-5-7-22(27,18(26)11-23)21(15,3)10-17(25)19(14)20(2)6-4-13(24)9-16(12)20/h4,6,9,12,14-15,17,19,23,25,27H,5,7-8,10-11H2,1-3H3/t12-,14?,15-,17?,19+,20?,21?,22-/m0/s1. The smallest absolute Gasteiger partial charge is 0.190 e. The third-order valence-electron chi connectivity index (χ3n) is 8.57. The van der Waals surface area contributed by atoms with Gasteiger partial charge in [-0.15, -0.1) is 0 Å². The number of Topliss-reactive ketones (excluding diaryl/α,β-unsaturated/α-hetero) is 1. The molecule has 0 spiro atoms. The first-order chi connectivity index (χ1) is 12.6. The molecule has 0 amide bonds. The lowest BCUT2D eigenvalue weighted by atomic mass is 9.45. The maximum absolute atomic E-state index is 12.4. The molecule has 0 saturated heterocycles. The SMILES string of the molecule is C[C@H]1CC2[C@H](C(O)CC3(C)[C@H]2CC[C@]3(O)C(=O)CO)C2(C)C=CC(=O)C=C12. The fraction of sp³-hybridized carbons (Fsp3) is 0.727. The molecule has 0 aromatic carbocycles. The van der Waals surface area contributed by atoms with Gasteiger partial charge >= 0.3 is 0 Å². The summed E-state index contributed by atoms with van der Waals surface area (Å²) in [5.74, 6) is -0.0768. The van der Waals surface area contributed by atoms with Crippen LogP contribution in [0.1, 0.15) is 46.5 Å². The van der Waals surface area contributed by atoms with Crippen molar-refractivity contribution in [1.82, 2.24) is 0 Å². The monoisotopic (exact) mass is 374 g/mol. The first kappa shape index (κ1) is 19.0. The Morgan fingerprint density at radius 3 is 2.70 bits per heavy atom. The van der Waals surface area contributed by atoms with Gasteiger partial charge < -0.3 is 15.3 Å². The molecule has 0 bridgehead atoms. The van der Waals surface area contributed by atoms with E-state index < -0.39 is 29.5 Å².